The highest BCUT2D eigenvalue weighted by atomic mass is 32.2. The van der Waals surface area contributed by atoms with E-state index >= 15 is 0 Å². The zero-order valence-corrected chi connectivity index (χ0v) is 16.7. The number of carbonyl (C=O) groups is 1. The molecule has 2 rings (SSSR count). The second kappa shape index (κ2) is 11.3. The second-order valence-electron chi connectivity index (χ2n) is 5.25. The van der Waals surface area contributed by atoms with E-state index in [1.54, 1.807) is 24.3 Å². The molecule has 0 aliphatic carbocycles. The summed E-state index contributed by atoms with van der Waals surface area (Å²) >= 11 is 3.19. The number of hydrogen-bond donors (Lipinski definition) is 2. The minimum atomic E-state index is -2.43. The first-order valence-corrected chi connectivity index (χ1v) is 10.8. The number of unbranched alkanes of at least 4 members (excludes halogenated alkanes) is 2. The first kappa shape index (κ1) is 20.9. The highest BCUT2D eigenvalue weighted by Gasteiger charge is 2.09. The van der Waals surface area contributed by atoms with E-state index in [2.05, 4.69) is 27.8 Å². The Morgan fingerprint density at radius 3 is 2.69 bits per heavy atom. The smallest absolute Gasteiger partial charge is 0.288 e. The van der Waals surface area contributed by atoms with Crippen molar-refractivity contribution in [3.05, 3.63) is 24.3 Å². The molecule has 10 heteroatoms. The van der Waals surface area contributed by atoms with E-state index in [0.29, 0.717) is 38.4 Å². The number of nitrogens with zero attached hydrogens (tertiary/aromatic N) is 2. The fourth-order valence-corrected chi connectivity index (χ4v) is 4.04. The van der Waals surface area contributed by atoms with Crippen LogP contribution in [0.4, 0.5) is 19.6 Å². The van der Waals surface area contributed by atoms with Crippen LogP contribution in [0, 0.1) is 0 Å². The van der Waals surface area contributed by atoms with Gasteiger partial charge in [0.05, 0.1) is 5.75 Å². The number of aromatic nitrogens is 2. The number of rotatable bonds is 11. The van der Waals surface area contributed by atoms with Crippen LogP contribution in [0.25, 0.3) is 0 Å². The average Bonchev–Trinajstić information content (AvgIpc) is 3.06. The Hall–Kier alpha value is -1.39. The van der Waals surface area contributed by atoms with Gasteiger partial charge in [0.2, 0.25) is 11.0 Å². The van der Waals surface area contributed by atoms with Crippen LogP contribution in [0.15, 0.2) is 33.5 Å². The van der Waals surface area contributed by atoms with Gasteiger partial charge in [-0.15, -0.1) is 10.2 Å². The zero-order valence-electron chi connectivity index (χ0n) is 14.2. The van der Waals surface area contributed by atoms with Gasteiger partial charge in [0, 0.05) is 17.1 Å². The first-order valence-electron chi connectivity index (χ1n) is 8.11. The molecule has 0 unspecified atom stereocenters. The van der Waals surface area contributed by atoms with Crippen LogP contribution in [0.5, 0.6) is 0 Å². The maximum absolute atomic E-state index is 12.3. The minimum absolute atomic E-state index is 0.0112. The quantitative estimate of drug-likeness (QED) is 0.396. The van der Waals surface area contributed by atoms with Crippen molar-refractivity contribution in [2.24, 2.45) is 0 Å². The fourth-order valence-electron chi connectivity index (χ4n) is 1.94. The van der Waals surface area contributed by atoms with E-state index in [1.165, 1.54) is 23.1 Å². The molecule has 2 aromatic rings. The van der Waals surface area contributed by atoms with Crippen molar-refractivity contribution >= 4 is 51.6 Å². The van der Waals surface area contributed by atoms with Crippen molar-refractivity contribution in [1.29, 1.82) is 0 Å². The van der Waals surface area contributed by atoms with Gasteiger partial charge in [-0.1, -0.05) is 54.6 Å². The molecule has 0 aliphatic rings. The van der Waals surface area contributed by atoms with Gasteiger partial charge in [-0.25, -0.2) is 0 Å². The molecule has 0 spiro atoms. The van der Waals surface area contributed by atoms with Gasteiger partial charge in [-0.05, 0) is 30.7 Å². The van der Waals surface area contributed by atoms with Gasteiger partial charge in [-0.2, -0.15) is 8.78 Å². The maximum atomic E-state index is 12.3. The molecule has 2 N–H and O–H groups in total. The number of halogens is 2. The summed E-state index contributed by atoms with van der Waals surface area (Å²) in [5, 5.41) is 14.6. The third kappa shape index (κ3) is 7.88. The molecule has 1 amide bonds. The summed E-state index contributed by atoms with van der Waals surface area (Å²) in [6.07, 6.45) is 3.23. The number of thioether (sulfide) groups is 2. The van der Waals surface area contributed by atoms with Gasteiger partial charge >= 0.3 is 0 Å². The van der Waals surface area contributed by atoms with Crippen LogP contribution in [0.2, 0.25) is 0 Å². The fraction of sp³-hybridized carbons (Fsp3) is 0.438. The SMILES string of the molecule is CCCCCNC(=O)CSc1nnc(Nc2ccc(SC(F)F)cc2)s1. The third-order valence-corrected chi connectivity index (χ3v) is 5.86. The molecule has 0 saturated carbocycles. The van der Waals surface area contributed by atoms with Crippen molar-refractivity contribution in [2.75, 3.05) is 17.6 Å². The standard InChI is InChI=1S/C16H20F2N4OS3/c1-2-3-4-9-19-13(23)10-24-16-22-21-15(26-16)20-11-5-7-12(8-6-11)25-14(17)18/h5-8,14H,2-4,9-10H2,1H3,(H,19,23)(H,20,21). The normalized spacial score (nSPS) is 10.9. The minimum Gasteiger partial charge on any atom is -0.355 e. The monoisotopic (exact) mass is 418 g/mol. The van der Waals surface area contributed by atoms with E-state index < -0.39 is 5.76 Å². The number of anilines is 2. The first-order chi connectivity index (χ1) is 12.6. The van der Waals surface area contributed by atoms with Gasteiger partial charge in [0.1, 0.15) is 0 Å². The van der Waals surface area contributed by atoms with E-state index in [9.17, 15) is 13.6 Å². The topological polar surface area (TPSA) is 66.9 Å². The molecule has 1 heterocycles. The van der Waals surface area contributed by atoms with Crippen LogP contribution in [0.1, 0.15) is 26.2 Å². The van der Waals surface area contributed by atoms with Crippen LogP contribution >= 0.6 is 34.9 Å². The van der Waals surface area contributed by atoms with E-state index in [1.807, 2.05) is 0 Å². The Morgan fingerprint density at radius 1 is 1.23 bits per heavy atom. The van der Waals surface area contributed by atoms with Crippen molar-refractivity contribution in [2.45, 2.75) is 41.2 Å². The average molecular weight is 419 g/mol. The molecule has 0 bridgehead atoms. The molecule has 0 atom stereocenters. The van der Waals surface area contributed by atoms with Crippen molar-refractivity contribution < 1.29 is 13.6 Å². The summed E-state index contributed by atoms with van der Waals surface area (Å²) in [6.45, 7) is 2.82. The van der Waals surface area contributed by atoms with Crippen LogP contribution < -0.4 is 10.6 Å². The zero-order chi connectivity index (χ0) is 18.8. The number of amides is 1. The molecule has 0 radical (unpaired) electrons. The largest absolute Gasteiger partial charge is 0.355 e. The second-order valence-corrected chi connectivity index (χ2v) is 8.51. The Kier molecular flexibility index (Phi) is 9.13. The van der Waals surface area contributed by atoms with Gasteiger partial charge in [0.25, 0.3) is 5.76 Å². The molecular formula is C16H20F2N4OS3. The van der Waals surface area contributed by atoms with Gasteiger partial charge < -0.3 is 10.6 Å². The van der Waals surface area contributed by atoms with Gasteiger partial charge in [0.15, 0.2) is 4.34 Å². The highest BCUT2D eigenvalue weighted by molar-refractivity contribution is 8.01. The summed E-state index contributed by atoms with van der Waals surface area (Å²) < 4.78 is 25.3. The van der Waals surface area contributed by atoms with Crippen LogP contribution in [-0.2, 0) is 4.79 Å². The van der Waals surface area contributed by atoms with Crippen molar-refractivity contribution in [3.63, 3.8) is 0 Å². The molecule has 142 valence electrons. The number of carbonyl (C=O) groups excluding carboxylic acids is 1. The van der Waals surface area contributed by atoms with Gasteiger partial charge in [-0.3, -0.25) is 4.79 Å². The van der Waals surface area contributed by atoms with Crippen LogP contribution in [0.3, 0.4) is 0 Å². The number of alkyl halides is 2. The summed E-state index contributed by atoms with van der Waals surface area (Å²) in [6, 6.07) is 6.67. The Labute approximate surface area is 163 Å². The molecular weight excluding hydrogens is 398 g/mol. The summed E-state index contributed by atoms with van der Waals surface area (Å²) in [7, 11) is 0. The molecule has 5 nitrogen and oxygen atoms in total. The Balaban J connectivity index is 1.76. The molecule has 1 aromatic heterocycles. The Bertz CT molecular complexity index is 682. The molecule has 0 fully saturated rings. The molecule has 1 aromatic carbocycles. The van der Waals surface area contributed by atoms with E-state index in [-0.39, 0.29) is 5.91 Å². The lowest BCUT2D eigenvalue weighted by atomic mass is 10.2. The van der Waals surface area contributed by atoms with Crippen LogP contribution in [-0.4, -0.2) is 34.2 Å². The predicted octanol–water partition coefficient (Wildman–Crippen LogP) is 4.99. The molecule has 26 heavy (non-hydrogen) atoms. The maximum Gasteiger partial charge on any atom is 0.288 e. The summed E-state index contributed by atoms with van der Waals surface area (Å²) in [4.78, 5) is 12.2. The number of hydrogen-bond acceptors (Lipinski definition) is 7. The lowest BCUT2D eigenvalue weighted by Gasteiger charge is -2.04. The predicted molar refractivity (Wildman–Crippen MR) is 105 cm³/mol. The lowest BCUT2D eigenvalue weighted by molar-refractivity contribution is -0.118. The Morgan fingerprint density at radius 2 is 2.00 bits per heavy atom. The van der Waals surface area contributed by atoms with Crippen molar-refractivity contribution in [1.82, 2.24) is 15.5 Å². The third-order valence-electron chi connectivity index (χ3n) is 3.17. The number of benzene rings is 1. The van der Waals surface area contributed by atoms with E-state index in [4.69, 9.17) is 0 Å². The number of nitrogens with one attached hydrogen (secondary N) is 2. The summed E-state index contributed by atoms with van der Waals surface area (Å²) in [5.41, 5.74) is 0.741. The van der Waals surface area contributed by atoms with E-state index in [0.717, 1.165) is 24.9 Å². The molecule has 0 saturated heterocycles. The van der Waals surface area contributed by atoms with Crippen molar-refractivity contribution in [3.8, 4) is 0 Å². The molecule has 0 aliphatic heterocycles. The highest BCUT2D eigenvalue weighted by Crippen LogP contribution is 2.29. The lowest BCUT2D eigenvalue weighted by Crippen LogP contribution is -2.26. The summed E-state index contributed by atoms with van der Waals surface area (Å²) in [5.74, 6) is -2.14.